The van der Waals surface area contributed by atoms with Crippen molar-refractivity contribution in [1.82, 2.24) is 9.88 Å². The van der Waals surface area contributed by atoms with E-state index in [0.29, 0.717) is 28.9 Å². The van der Waals surface area contributed by atoms with E-state index in [1.54, 1.807) is 19.1 Å². The second kappa shape index (κ2) is 13.0. The van der Waals surface area contributed by atoms with Crippen molar-refractivity contribution in [3.63, 3.8) is 0 Å². The number of carbonyl (C=O) groups is 1. The van der Waals surface area contributed by atoms with Gasteiger partial charge >= 0.3 is 0 Å². The van der Waals surface area contributed by atoms with Crippen molar-refractivity contribution >= 4 is 22.4 Å². The van der Waals surface area contributed by atoms with Crippen molar-refractivity contribution in [2.45, 2.75) is 20.3 Å². The van der Waals surface area contributed by atoms with Crippen LogP contribution in [0.2, 0.25) is 0 Å². The number of rotatable bonds is 13. The second-order valence-corrected chi connectivity index (χ2v) is 8.45. The Hall–Kier alpha value is -3.10. The molecule has 0 aliphatic rings. The normalized spacial score (nSPS) is 10.9. The summed E-state index contributed by atoms with van der Waals surface area (Å²) in [4.78, 5) is 22.1. The molecule has 0 bridgehead atoms. The van der Waals surface area contributed by atoms with Gasteiger partial charge in [0.25, 0.3) is 5.91 Å². The van der Waals surface area contributed by atoms with Gasteiger partial charge in [0.15, 0.2) is 11.7 Å². The van der Waals surface area contributed by atoms with Gasteiger partial charge in [-0.15, -0.1) is 11.3 Å². The van der Waals surface area contributed by atoms with Gasteiger partial charge in [0, 0.05) is 17.5 Å². The molecule has 1 heterocycles. The van der Waals surface area contributed by atoms with Crippen LogP contribution < -0.4 is 19.1 Å². The third-order valence-corrected chi connectivity index (χ3v) is 6.43. The Balaban J connectivity index is 1.81. The molecule has 7 nitrogen and oxygen atoms in total. The number of hydrogen-bond donors (Lipinski definition) is 0. The van der Waals surface area contributed by atoms with Crippen molar-refractivity contribution in [1.29, 1.82) is 0 Å². The van der Waals surface area contributed by atoms with Crippen LogP contribution in [0.1, 0.15) is 20.3 Å². The number of amides is 1. The van der Waals surface area contributed by atoms with E-state index in [1.165, 1.54) is 11.3 Å². The molecule has 182 valence electrons. The number of para-hydroxylation sites is 1. The molecular formula is C26H33N3O4S. The maximum absolute atomic E-state index is 13.2. The van der Waals surface area contributed by atoms with E-state index in [2.05, 4.69) is 18.7 Å². The number of aromatic nitrogens is 1. The summed E-state index contributed by atoms with van der Waals surface area (Å²) in [5, 5.41) is 2.58. The Labute approximate surface area is 205 Å². The number of ether oxygens (including phenoxy) is 3. The van der Waals surface area contributed by atoms with E-state index in [9.17, 15) is 4.79 Å². The highest BCUT2D eigenvalue weighted by Crippen LogP contribution is 2.36. The van der Waals surface area contributed by atoms with Crippen molar-refractivity contribution < 1.29 is 19.0 Å². The lowest BCUT2D eigenvalue weighted by Gasteiger charge is -2.23. The second-order valence-electron chi connectivity index (χ2n) is 7.61. The maximum Gasteiger partial charge on any atom is 0.266 e. The molecule has 2 aromatic carbocycles. The fourth-order valence-electron chi connectivity index (χ4n) is 3.59. The molecule has 0 aliphatic heterocycles. The zero-order valence-electron chi connectivity index (χ0n) is 20.3. The molecule has 1 amide bonds. The zero-order valence-corrected chi connectivity index (χ0v) is 21.1. The van der Waals surface area contributed by atoms with E-state index in [1.807, 2.05) is 53.9 Å². The maximum atomic E-state index is 13.2. The summed E-state index contributed by atoms with van der Waals surface area (Å²) >= 11 is 1.43. The van der Waals surface area contributed by atoms with Crippen LogP contribution in [0, 0.1) is 0 Å². The molecule has 0 radical (unpaired) electrons. The van der Waals surface area contributed by atoms with Crippen molar-refractivity contribution in [2.24, 2.45) is 0 Å². The number of thiazole rings is 1. The quantitative estimate of drug-likeness (QED) is 0.342. The molecule has 1 aromatic heterocycles. The van der Waals surface area contributed by atoms with Crippen molar-refractivity contribution in [3.05, 3.63) is 53.9 Å². The van der Waals surface area contributed by atoms with Crippen molar-refractivity contribution in [2.75, 3.05) is 51.9 Å². The van der Waals surface area contributed by atoms with Crippen LogP contribution in [0.5, 0.6) is 17.2 Å². The SMILES string of the molecule is CCN(CC)CCCN(C(=O)COc1ccccc1)c1nc(-c2cc(OC)ccc2OC)cs1. The van der Waals surface area contributed by atoms with Crippen LogP contribution in [0.15, 0.2) is 53.9 Å². The standard InChI is InChI=1S/C26H33N3O4S/c1-5-28(6-2)15-10-16-29(25(30)18-33-20-11-8-7-9-12-20)26-27-23(19-34-26)22-17-21(31-3)13-14-24(22)32-4/h7-9,11-14,17,19H,5-6,10,15-16,18H2,1-4H3. The molecule has 0 saturated heterocycles. The summed E-state index contributed by atoms with van der Waals surface area (Å²) in [7, 11) is 3.25. The highest BCUT2D eigenvalue weighted by Gasteiger charge is 2.21. The largest absolute Gasteiger partial charge is 0.497 e. The monoisotopic (exact) mass is 483 g/mol. The van der Waals surface area contributed by atoms with Crippen LogP contribution in [-0.4, -0.2) is 62.8 Å². The lowest BCUT2D eigenvalue weighted by molar-refractivity contribution is -0.120. The predicted octanol–water partition coefficient (Wildman–Crippen LogP) is 4.97. The molecule has 0 spiro atoms. The molecule has 0 atom stereocenters. The smallest absolute Gasteiger partial charge is 0.266 e. The van der Waals surface area contributed by atoms with Gasteiger partial charge < -0.3 is 19.1 Å². The Kier molecular flexibility index (Phi) is 9.73. The lowest BCUT2D eigenvalue weighted by atomic mass is 10.1. The first-order valence-electron chi connectivity index (χ1n) is 11.5. The van der Waals surface area contributed by atoms with Gasteiger partial charge in [-0.2, -0.15) is 0 Å². The fraction of sp³-hybridized carbons (Fsp3) is 0.385. The minimum Gasteiger partial charge on any atom is -0.497 e. The minimum absolute atomic E-state index is 0.0489. The van der Waals surface area contributed by atoms with E-state index >= 15 is 0 Å². The van der Waals surface area contributed by atoms with Crippen LogP contribution in [0.25, 0.3) is 11.3 Å². The van der Waals surface area contributed by atoms with Gasteiger partial charge in [-0.1, -0.05) is 32.0 Å². The van der Waals surface area contributed by atoms with Crippen LogP contribution in [0.3, 0.4) is 0 Å². The Bertz CT molecular complexity index is 1040. The average Bonchev–Trinajstić information content (AvgIpc) is 3.37. The summed E-state index contributed by atoms with van der Waals surface area (Å²) in [6.07, 6.45) is 0.843. The predicted molar refractivity (Wildman–Crippen MR) is 137 cm³/mol. The molecule has 3 rings (SSSR count). The number of methoxy groups -OCH3 is 2. The van der Waals surface area contributed by atoms with E-state index in [4.69, 9.17) is 19.2 Å². The summed E-state index contributed by atoms with van der Waals surface area (Å²) < 4.78 is 16.6. The molecular weight excluding hydrogens is 450 g/mol. The molecule has 8 heteroatoms. The van der Waals surface area contributed by atoms with E-state index < -0.39 is 0 Å². The Morgan fingerprint density at radius 3 is 2.41 bits per heavy atom. The number of benzene rings is 2. The number of nitrogens with zero attached hydrogens (tertiary/aromatic N) is 3. The summed E-state index contributed by atoms with van der Waals surface area (Å²) in [6, 6.07) is 15.0. The van der Waals surface area contributed by atoms with Gasteiger partial charge in [0.05, 0.1) is 19.9 Å². The third-order valence-electron chi connectivity index (χ3n) is 5.56. The zero-order chi connectivity index (χ0) is 24.3. The first-order valence-corrected chi connectivity index (χ1v) is 12.4. The first kappa shape index (κ1) is 25.5. The highest BCUT2D eigenvalue weighted by molar-refractivity contribution is 7.14. The van der Waals surface area contributed by atoms with Gasteiger partial charge in [0.1, 0.15) is 17.2 Å². The number of anilines is 1. The van der Waals surface area contributed by atoms with Crippen LogP contribution >= 0.6 is 11.3 Å². The van der Waals surface area contributed by atoms with Gasteiger partial charge in [-0.05, 0) is 56.4 Å². The number of hydrogen-bond acceptors (Lipinski definition) is 7. The molecule has 0 unspecified atom stereocenters. The van der Waals surface area contributed by atoms with Gasteiger partial charge in [0.2, 0.25) is 0 Å². The number of carbonyl (C=O) groups excluding carboxylic acids is 1. The Morgan fingerprint density at radius 1 is 0.971 bits per heavy atom. The molecule has 0 aliphatic carbocycles. The third kappa shape index (κ3) is 6.71. The van der Waals surface area contributed by atoms with Crippen molar-refractivity contribution in [3.8, 4) is 28.5 Å². The minimum atomic E-state index is -0.123. The fourth-order valence-corrected chi connectivity index (χ4v) is 4.45. The lowest BCUT2D eigenvalue weighted by Crippen LogP contribution is -2.37. The highest BCUT2D eigenvalue weighted by atomic mass is 32.1. The molecule has 0 N–H and O–H groups in total. The molecule has 3 aromatic rings. The van der Waals surface area contributed by atoms with E-state index in [0.717, 1.165) is 37.3 Å². The van der Waals surface area contributed by atoms with Gasteiger partial charge in [-0.25, -0.2) is 4.98 Å². The topological polar surface area (TPSA) is 64.1 Å². The van der Waals surface area contributed by atoms with E-state index in [-0.39, 0.29) is 12.5 Å². The Morgan fingerprint density at radius 2 is 1.74 bits per heavy atom. The van der Waals surface area contributed by atoms with Crippen LogP contribution in [0.4, 0.5) is 5.13 Å². The van der Waals surface area contributed by atoms with Crippen LogP contribution in [-0.2, 0) is 4.79 Å². The average molecular weight is 484 g/mol. The first-order chi connectivity index (χ1) is 16.6. The molecule has 0 saturated carbocycles. The molecule has 34 heavy (non-hydrogen) atoms. The summed E-state index contributed by atoms with van der Waals surface area (Å²) in [6.45, 7) is 7.70. The summed E-state index contributed by atoms with van der Waals surface area (Å²) in [5.74, 6) is 1.96. The summed E-state index contributed by atoms with van der Waals surface area (Å²) in [5.41, 5.74) is 1.56. The van der Waals surface area contributed by atoms with Gasteiger partial charge in [-0.3, -0.25) is 9.69 Å². The molecule has 0 fully saturated rings.